The molecule has 0 bridgehead atoms. The van der Waals surface area contributed by atoms with Gasteiger partial charge in [-0.25, -0.2) is 0 Å². The van der Waals surface area contributed by atoms with Crippen LogP contribution < -0.4 is 0 Å². The highest BCUT2D eigenvalue weighted by Gasteiger charge is 2.12. The number of aliphatic imine (C=N–C) groups is 1. The average Bonchev–Trinajstić information content (AvgIpc) is 2.59. The van der Waals surface area contributed by atoms with Gasteiger partial charge < -0.3 is 0 Å². The number of allylic oxidation sites excluding steroid dienone is 2. The molecule has 0 saturated carbocycles. The minimum absolute atomic E-state index is 0.398. The summed E-state index contributed by atoms with van der Waals surface area (Å²) in [6.45, 7) is 10.5. The highest BCUT2D eigenvalue weighted by Crippen LogP contribution is 2.22. The van der Waals surface area contributed by atoms with E-state index in [9.17, 15) is 0 Å². The van der Waals surface area contributed by atoms with Gasteiger partial charge in [-0.2, -0.15) is 0 Å². The minimum Gasteiger partial charge on any atom is -0.252 e. The summed E-state index contributed by atoms with van der Waals surface area (Å²) in [4.78, 5) is 5.04. The topological polar surface area (TPSA) is 12.4 Å². The van der Waals surface area contributed by atoms with Gasteiger partial charge in [0.1, 0.15) is 0 Å². The number of benzene rings is 2. The van der Waals surface area contributed by atoms with Crippen molar-refractivity contribution >= 4 is 11.4 Å². The quantitative estimate of drug-likeness (QED) is 0.449. The van der Waals surface area contributed by atoms with Crippen LogP contribution in [0.4, 0.5) is 0 Å². The molecule has 0 aromatic heterocycles. The normalized spacial score (nSPS) is 13.7. The lowest BCUT2D eigenvalue weighted by atomic mass is 9.95. The molecular formula is C22H25N. The smallest absolute Gasteiger partial charge is 0.0708 e. The second-order valence-corrected chi connectivity index (χ2v) is 5.91. The van der Waals surface area contributed by atoms with E-state index in [4.69, 9.17) is 4.99 Å². The van der Waals surface area contributed by atoms with E-state index < -0.39 is 0 Å². The maximum atomic E-state index is 5.04. The number of nitrogens with zero attached hydrogens (tertiary/aromatic N) is 1. The second-order valence-electron chi connectivity index (χ2n) is 5.91. The van der Waals surface area contributed by atoms with Crippen LogP contribution in [0, 0.1) is 5.92 Å². The molecule has 0 aliphatic carbocycles. The largest absolute Gasteiger partial charge is 0.252 e. The van der Waals surface area contributed by atoms with E-state index >= 15 is 0 Å². The third kappa shape index (κ3) is 4.79. The molecular weight excluding hydrogens is 278 g/mol. The van der Waals surface area contributed by atoms with E-state index in [1.165, 1.54) is 5.56 Å². The summed E-state index contributed by atoms with van der Waals surface area (Å²) in [5.41, 5.74) is 5.41. The van der Waals surface area contributed by atoms with Gasteiger partial charge in [-0.15, -0.1) is 0 Å². The van der Waals surface area contributed by atoms with Crippen molar-refractivity contribution in [1.82, 2.24) is 0 Å². The Labute approximate surface area is 140 Å². The van der Waals surface area contributed by atoms with Crippen LogP contribution in [0.15, 0.2) is 83.9 Å². The maximum Gasteiger partial charge on any atom is 0.0708 e. The minimum atomic E-state index is 0.398. The Balaban J connectivity index is 2.55. The van der Waals surface area contributed by atoms with Gasteiger partial charge in [0.25, 0.3) is 0 Å². The highest BCUT2D eigenvalue weighted by molar-refractivity contribution is 6.04. The molecule has 0 spiro atoms. The molecule has 0 N–H and O–H groups in total. The molecule has 0 saturated heterocycles. The maximum absolute atomic E-state index is 5.04. The zero-order valence-electron chi connectivity index (χ0n) is 14.3. The zero-order valence-corrected chi connectivity index (χ0v) is 14.3. The molecule has 0 aliphatic rings. The van der Waals surface area contributed by atoms with Crippen molar-refractivity contribution in [3.63, 3.8) is 0 Å². The SMILES string of the molecule is C=C(C)/C=C(\N=C(c1ccccc1)C(C)CC)c1ccccc1. The summed E-state index contributed by atoms with van der Waals surface area (Å²) >= 11 is 0. The van der Waals surface area contributed by atoms with Crippen LogP contribution >= 0.6 is 0 Å². The first-order chi connectivity index (χ1) is 11.1. The molecule has 2 rings (SSSR count). The summed E-state index contributed by atoms with van der Waals surface area (Å²) in [6.07, 6.45) is 3.11. The molecule has 1 nitrogen and oxygen atoms in total. The molecule has 1 heteroatoms. The second kappa shape index (κ2) is 8.28. The van der Waals surface area contributed by atoms with Gasteiger partial charge in [-0.3, -0.25) is 4.99 Å². The van der Waals surface area contributed by atoms with E-state index in [2.05, 4.69) is 62.9 Å². The van der Waals surface area contributed by atoms with E-state index in [1.54, 1.807) is 0 Å². The van der Waals surface area contributed by atoms with Gasteiger partial charge in [0, 0.05) is 5.56 Å². The molecule has 0 aliphatic heterocycles. The lowest BCUT2D eigenvalue weighted by Gasteiger charge is -2.15. The Morgan fingerprint density at radius 2 is 1.52 bits per heavy atom. The predicted molar refractivity (Wildman–Crippen MR) is 102 cm³/mol. The first-order valence-electron chi connectivity index (χ1n) is 8.18. The van der Waals surface area contributed by atoms with Gasteiger partial charge in [0.15, 0.2) is 0 Å². The highest BCUT2D eigenvalue weighted by atomic mass is 14.8. The Hall–Kier alpha value is -2.41. The lowest BCUT2D eigenvalue weighted by Crippen LogP contribution is -2.12. The predicted octanol–water partition coefficient (Wildman–Crippen LogP) is 6.14. The van der Waals surface area contributed by atoms with Gasteiger partial charge in [0.05, 0.1) is 11.4 Å². The monoisotopic (exact) mass is 303 g/mol. The molecule has 1 unspecified atom stereocenters. The van der Waals surface area contributed by atoms with Crippen molar-refractivity contribution < 1.29 is 0 Å². The molecule has 1 atom stereocenters. The van der Waals surface area contributed by atoms with Gasteiger partial charge in [-0.1, -0.05) is 86.7 Å². The molecule has 118 valence electrons. The molecule has 0 fully saturated rings. The van der Waals surface area contributed by atoms with Crippen LogP contribution in [0.25, 0.3) is 5.70 Å². The van der Waals surface area contributed by atoms with Gasteiger partial charge in [-0.05, 0) is 30.9 Å². The molecule has 2 aromatic rings. The fourth-order valence-electron chi connectivity index (χ4n) is 2.41. The van der Waals surface area contributed by atoms with Crippen molar-refractivity contribution in [2.24, 2.45) is 10.9 Å². The van der Waals surface area contributed by atoms with Gasteiger partial charge >= 0.3 is 0 Å². The third-order valence-electron chi connectivity index (χ3n) is 3.84. The third-order valence-corrected chi connectivity index (χ3v) is 3.84. The number of rotatable bonds is 6. The summed E-state index contributed by atoms with van der Waals surface area (Å²) in [5, 5.41) is 0. The Bertz CT molecular complexity index is 693. The summed E-state index contributed by atoms with van der Waals surface area (Å²) in [6, 6.07) is 20.7. The van der Waals surface area contributed by atoms with Gasteiger partial charge in [0.2, 0.25) is 0 Å². The van der Waals surface area contributed by atoms with Crippen molar-refractivity contribution in [3.8, 4) is 0 Å². The average molecular weight is 303 g/mol. The van der Waals surface area contributed by atoms with Crippen LogP contribution in [0.5, 0.6) is 0 Å². The van der Waals surface area contributed by atoms with Crippen molar-refractivity contribution in [3.05, 3.63) is 90.0 Å². The van der Waals surface area contributed by atoms with Crippen LogP contribution in [-0.4, -0.2) is 5.71 Å². The number of hydrogen-bond donors (Lipinski definition) is 0. The fraction of sp³-hybridized carbons (Fsp3) is 0.227. The summed E-state index contributed by atoms with van der Waals surface area (Å²) < 4.78 is 0. The lowest BCUT2D eigenvalue weighted by molar-refractivity contribution is 0.740. The van der Waals surface area contributed by atoms with Crippen molar-refractivity contribution in [1.29, 1.82) is 0 Å². The standard InChI is InChI=1S/C22H25N/c1-5-18(4)22(20-14-10-7-11-15-20)23-21(16-17(2)3)19-12-8-6-9-13-19/h6-16,18H,2,5H2,1,3-4H3/b21-16-,23-22?. The summed E-state index contributed by atoms with van der Waals surface area (Å²) in [7, 11) is 0. The molecule has 2 aromatic carbocycles. The van der Waals surface area contributed by atoms with Crippen LogP contribution in [0.3, 0.4) is 0 Å². The fourth-order valence-corrected chi connectivity index (χ4v) is 2.41. The molecule has 0 heterocycles. The number of hydrogen-bond acceptors (Lipinski definition) is 1. The Morgan fingerprint density at radius 1 is 1.00 bits per heavy atom. The van der Waals surface area contributed by atoms with Crippen LogP contribution in [0.1, 0.15) is 38.3 Å². The Kier molecular flexibility index (Phi) is 6.10. The zero-order chi connectivity index (χ0) is 16.7. The van der Waals surface area contributed by atoms with Crippen molar-refractivity contribution in [2.75, 3.05) is 0 Å². The van der Waals surface area contributed by atoms with Crippen LogP contribution in [-0.2, 0) is 0 Å². The molecule has 0 amide bonds. The van der Waals surface area contributed by atoms with Crippen LogP contribution in [0.2, 0.25) is 0 Å². The Morgan fingerprint density at radius 3 is 2.00 bits per heavy atom. The molecule has 23 heavy (non-hydrogen) atoms. The first kappa shape index (κ1) is 17.0. The van der Waals surface area contributed by atoms with E-state index in [1.807, 2.05) is 31.2 Å². The van der Waals surface area contributed by atoms with Crippen molar-refractivity contribution in [2.45, 2.75) is 27.2 Å². The first-order valence-corrected chi connectivity index (χ1v) is 8.18. The van der Waals surface area contributed by atoms with E-state index in [0.717, 1.165) is 29.0 Å². The summed E-state index contributed by atoms with van der Waals surface area (Å²) in [5.74, 6) is 0.398. The molecule has 0 radical (unpaired) electrons. The van der Waals surface area contributed by atoms with E-state index in [-0.39, 0.29) is 0 Å². The van der Waals surface area contributed by atoms with E-state index in [0.29, 0.717) is 5.92 Å².